The number of nitrogens with one attached hydrogen (secondary N) is 1. The molecule has 1 atom stereocenters. The molecule has 110 valence electrons. The Morgan fingerprint density at radius 1 is 1.60 bits per heavy atom. The maximum absolute atomic E-state index is 12.1. The number of aliphatic hydroxyl groups is 1. The predicted octanol–water partition coefficient (Wildman–Crippen LogP) is 2.22. The molecule has 2 rings (SSSR count). The van der Waals surface area contributed by atoms with Gasteiger partial charge in [0.2, 0.25) is 0 Å². The number of hydrogen-bond donors (Lipinski definition) is 2. The second-order valence-corrected chi connectivity index (χ2v) is 6.50. The molecule has 5 nitrogen and oxygen atoms in total. The first-order chi connectivity index (χ1) is 9.34. The van der Waals surface area contributed by atoms with E-state index >= 15 is 0 Å². The zero-order valence-corrected chi connectivity index (χ0v) is 13.2. The number of amides is 1. The molecule has 0 radical (unpaired) electrons. The Balaban J connectivity index is 2.10. The molecular formula is C14H21N3O2S. The van der Waals surface area contributed by atoms with Gasteiger partial charge in [-0.15, -0.1) is 11.3 Å². The van der Waals surface area contributed by atoms with Crippen LogP contribution in [0.1, 0.15) is 42.1 Å². The molecule has 2 aromatic rings. The number of nitrogens with zero attached hydrogens (tertiary/aromatic N) is 2. The van der Waals surface area contributed by atoms with E-state index in [2.05, 4.69) is 10.4 Å². The Morgan fingerprint density at radius 2 is 2.30 bits per heavy atom. The number of thiophene rings is 1. The smallest absolute Gasteiger partial charge is 0.261 e. The molecule has 0 fully saturated rings. The second kappa shape index (κ2) is 5.54. The maximum atomic E-state index is 12.1. The summed E-state index contributed by atoms with van der Waals surface area (Å²) in [7, 11) is 1.87. The molecule has 0 spiro atoms. The molecule has 0 saturated carbocycles. The third kappa shape index (κ3) is 3.02. The highest BCUT2D eigenvalue weighted by molar-refractivity contribution is 7.20. The molecule has 2 heterocycles. The van der Waals surface area contributed by atoms with Gasteiger partial charge in [0.15, 0.2) is 0 Å². The minimum absolute atomic E-state index is 0.137. The van der Waals surface area contributed by atoms with E-state index in [0.717, 1.165) is 22.3 Å². The highest BCUT2D eigenvalue weighted by Crippen LogP contribution is 2.27. The molecule has 0 bridgehead atoms. The number of aryl methyl sites for hydroxylation is 2. The molecule has 0 aliphatic carbocycles. The van der Waals surface area contributed by atoms with Gasteiger partial charge in [0.05, 0.1) is 16.2 Å². The minimum Gasteiger partial charge on any atom is -0.388 e. The van der Waals surface area contributed by atoms with E-state index in [1.807, 2.05) is 27.0 Å². The van der Waals surface area contributed by atoms with E-state index in [0.29, 0.717) is 11.3 Å². The largest absolute Gasteiger partial charge is 0.388 e. The molecule has 20 heavy (non-hydrogen) atoms. The summed E-state index contributed by atoms with van der Waals surface area (Å²) in [6.45, 7) is 5.96. The van der Waals surface area contributed by atoms with Crippen LogP contribution in [0.25, 0.3) is 10.2 Å². The van der Waals surface area contributed by atoms with Crippen LogP contribution in [-0.4, -0.2) is 32.9 Å². The summed E-state index contributed by atoms with van der Waals surface area (Å²) in [5.41, 5.74) is 0.0780. The standard InChI is InChI=1S/C14H21N3O2S/c1-5-6-14(3,19)8-15-12(18)11-7-10-9(2)16-17(4)13(10)20-11/h7,19H,5-6,8H2,1-4H3,(H,15,18). The van der Waals surface area contributed by atoms with Crippen molar-refractivity contribution in [1.29, 1.82) is 0 Å². The van der Waals surface area contributed by atoms with Crippen molar-refractivity contribution in [2.24, 2.45) is 7.05 Å². The first-order valence-electron chi connectivity index (χ1n) is 6.78. The Bertz CT molecular complexity index is 593. The lowest BCUT2D eigenvalue weighted by Crippen LogP contribution is -2.40. The van der Waals surface area contributed by atoms with Gasteiger partial charge in [-0.05, 0) is 26.3 Å². The minimum atomic E-state index is -0.849. The van der Waals surface area contributed by atoms with Gasteiger partial charge in [-0.3, -0.25) is 9.48 Å². The molecule has 1 unspecified atom stereocenters. The fourth-order valence-corrected chi connectivity index (χ4v) is 3.34. The predicted molar refractivity (Wildman–Crippen MR) is 81.2 cm³/mol. The molecule has 0 saturated heterocycles. The van der Waals surface area contributed by atoms with Gasteiger partial charge in [0.25, 0.3) is 5.91 Å². The van der Waals surface area contributed by atoms with Crippen molar-refractivity contribution >= 4 is 27.5 Å². The van der Waals surface area contributed by atoms with Crippen molar-refractivity contribution < 1.29 is 9.90 Å². The van der Waals surface area contributed by atoms with E-state index in [4.69, 9.17) is 0 Å². The molecule has 0 aromatic carbocycles. The molecule has 0 aliphatic heterocycles. The van der Waals surface area contributed by atoms with Crippen LogP contribution in [0.4, 0.5) is 0 Å². The van der Waals surface area contributed by atoms with E-state index in [1.54, 1.807) is 11.6 Å². The highest BCUT2D eigenvalue weighted by Gasteiger charge is 2.21. The fraction of sp³-hybridized carbons (Fsp3) is 0.571. The van der Waals surface area contributed by atoms with Crippen LogP contribution >= 0.6 is 11.3 Å². The average Bonchev–Trinajstić information content (AvgIpc) is 2.90. The van der Waals surface area contributed by atoms with Crippen molar-refractivity contribution in [3.05, 3.63) is 16.6 Å². The maximum Gasteiger partial charge on any atom is 0.261 e. The van der Waals surface area contributed by atoms with Crippen LogP contribution in [0, 0.1) is 6.92 Å². The molecule has 2 aromatic heterocycles. The molecule has 1 amide bonds. The Hall–Kier alpha value is -1.40. The Kier molecular flexibility index (Phi) is 4.15. The molecular weight excluding hydrogens is 274 g/mol. The lowest BCUT2D eigenvalue weighted by Gasteiger charge is -2.22. The summed E-state index contributed by atoms with van der Waals surface area (Å²) in [6, 6.07) is 1.87. The van der Waals surface area contributed by atoms with Crippen molar-refractivity contribution in [2.45, 2.75) is 39.2 Å². The van der Waals surface area contributed by atoms with Gasteiger partial charge in [-0.1, -0.05) is 13.3 Å². The quantitative estimate of drug-likeness (QED) is 0.889. The topological polar surface area (TPSA) is 67.2 Å². The van der Waals surface area contributed by atoms with Crippen molar-refractivity contribution in [2.75, 3.05) is 6.54 Å². The zero-order valence-electron chi connectivity index (χ0n) is 12.4. The van der Waals surface area contributed by atoms with Gasteiger partial charge >= 0.3 is 0 Å². The van der Waals surface area contributed by atoms with E-state index < -0.39 is 5.60 Å². The van der Waals surface area contributed by atoms with Crippen LogP contribution in [0.2, 0.25) is 0 Å². The van der Waals surface area contributed by atoms with E-state index in [1.165, 1.54) is 11.3 Å². The SMILES string of the molecule is CCCC(C)(O)CNC(=O)c1cc2c(C)nn(C)c2s1. The fourth-order valence-electron chi connectivity index (χ4n) is 2.30. The molecule has 6 heteroatoms. The van der Waals surface area contributed by atoms with Gasteiger partial charge in [0.1, 0.15) is 4.83 Å². The van der Waals surface area contributed by atoms with Crippen molar-refractivity contribution in [1.82, 2.24) is 15.1 Å². The van der Waals surface area contributed by atoms with E-state index in [9.17, 15) is 9.90 Å². The van der Waals surface area contributed by atoms with Gasteiger partial charge < -0.3 is 10.4 Å². The van der Waals surface area contributed by atoms with Crippen LogP contribution in [0.3, 0.4) is 0 Å². The van der Waals surface area contributed by atoms with Gasteiger partial charge in [-0.2, -0.15) is 5.10 Å². The monoisotopic (exact) mass is 295 g/mol. The molecule has 2 N–H and O–H groups in total. The summed E-state index contributed by atoms with van der Waals surface area (Å²) in [5, 5.41) is 18.2. The van der Waals surface area contributed by atoms with Gasteiger partial charge in [-0.25, -0.2) is 0 Å². The van der Waals surface area contributed by atoms with Gasteiger partial charge in [0, 0.05) is 19.0 Å². The highest BCUT2D eigenvalue weighted by atomic mass is 32.1. The molecule has 0 aliphatic rings. The number of carbonyl (C=O) groups is 1. The number of hydrogen-bond acceptors (Lipinski definition) is 4. The van der Waals surface area contributed by atoms with Crippen LogP contribution in [0.5, 0.6) is 0 Å². The van der Waals surface area contributed by atoms with Crippen molar-refractivity contribution in [3.63, 3.8) is 0 Å². The summed E-state index contributed by atoms with van der Waals surface area (Å²) in [6.07, 6.45) is 1.55. The first kappa shape index (κ1) is 15.0. The normalized spacial score (nSPS) is 14.4. The van der Waals surface area contributed by atoms with Crippen LogP contribution in [-0.2, 0) is 7.05 Å². The van der Waals surface area contributed by atoms with E-state index in [-0.39, 0.29) is 12.5 Å². The summed E-state index contributed by atoms with van der Waals surface area (Å²) < 4.78 is 1.79. The summed E-state index contributed by atoms with van der Waals surface area (Å²) >= 11 is 1.42. The average molecular weight is 295 g/mol. The van der Waals surface area contributed by atoms with Crippen LogP contribution in [0.15, 0.2) is 6.07 Å². The Labute approximate surface area is 122 Å². The number of rotatable bonds is 5. The third-order valence-electron chi connectivity index (χ3n) is 3.34. The second-order valence-electron chi connectivity index (χ2n) is 5.47. The van der Waals surface area contributed by atoms with Crippen molar-refractivity contribution in [3.8, 4) is 0 Å². The lowest BCUT2D eigenvalue weighted by molar-refractivity contribution is 0.0470. The zero-order chi connectivity index (χ0) is 14.9. The number of carbonyl (C=O) groups excluding carboxylic acids is 1. The third-order valence-corrected chi connectivity index (χ3v) is 4.54. The van der Waals surface area contributed by atoms with Crippen LogP contribution < -0.4 is 5.32 Å². The lowest BCUT2D eigenvalue weighted by atomic mass is 10.0. The Morgan fingerprint density at radius 3 is 2.90 bits per heavy atom. The first-order valence-corrected chi connectivity index (χ1v) is 7.59. The number of fused-ring (bicyclic) bond motifs is 1. The number of aromatic nitrogens is 2. The summed E-state index contributed by atoms with van der Waals surface area (Å²) in [5.74, 6) is -0.137. The summed E-state index contributed by atoms with van der Waals surface area (Å²) in [4.78, 5) is 13.8.